The van der Waals surface area contributed by atoms with Crippen LogP contribution in [0.2, 0.25) is 0 Å². The van der Waals surface area contributed by atoms with E-state index in [1.807, 2.05) is 12.3 Å². The minimum atomic E-state index is -0.0200. The van der Waals surface area contributed by atoms with Crippen molar-refractivity contribution >= 4 is 16.9 Å². The largest absolute Gasteiger partial charge is 0.354 e. The minimum Gasteiger partial charge on any atom is -0.354 e. The molecule has 3 aromatic heterocycles. The summed E-state index contributed by atoms with van der Waals surface area (Å²) in [7, 11) is 2.16. The van der Waals surface area contributed by atoms with Crippen molar-refractivity contribution in [1.82, 2.24) is 25.1 Å². The molecule has 0 amide bonds. The first-order valence-corrected chi connectivity index (χ1v) is 11.9. The Morgan fingerprint density at radius 3 is 2.71 bits per heavy atom. The van der Waals surface area contributed by atoms with Gasteiger partial charge in [0.15, 0.2) is 0 Å². The molecule has 2 aliphatic rings. The minimum absolute atomic E-state index is 0.0200. The Labute approximate surface area is 199 Å². The van der Waals surface area contributed by atoms with Gasteiger partial charge in [-0.3, -0.25) is 5.10 Å². The van der Waals surface area contributed by atoms with E-state index in [9.17, 15) is 5.26 Å². The zero-order valence-electron chi connectivity index (χ0n) is 19.5. The predicted molar refractivity (Wildman–Crippen MR) is 134 cm³/mol. The van der Waals surface area contributed by atoms with Gasteiger partial charge in [0.2, 0.25) is 0 Å². The zero-order chi connectivity index (χ0) is 23.2. The number of pyridine rings is 2. The van der Waals surface area contributed by atoms with Crippen LogP contribution in [0.3, 0.4) is 0 Å². The Bertz CT molecular complexity index is 1410. The third-order valence-corrected chi connectivity index (χ3v) is 7.26. The second-order valence-corrected chi connectivity index (χ2v) is 9.41. The maximum Gasteiger partial charge on any atom is 0.128 e. The number of nitrogens with zero attached hydrogens (tertiary/aromatic N) is 6. The van der Waals surface area contributed by atoms with E-state index in [0.29, 0.717) is 0 Å². The number of benzene rings is 1. The first kappa shape index (κ1) is 20.8. The molecule has 0 spiro atoms. The molecule has 1 fully saturated rings. The predicted octanol–water partition coefficient (Wildman–Crippen LogP) is 4.30. The smallest absolute Gasteiger partial charge is 0.128 e. The van der Waals surface area contributed by atoms with Gasteiger partial charge in [-0.25, -0.2) is 9.97 Å². The zero-order valence-corrected chi connectivity index (χ0v) is 19.5. The maximum atomic E-state index is 9.53. The third kappa shape index (κ3) is 3.42. The van der Waals surface area contributed by atoms with Crippen LogP contribution in [0.5, 0.6) is 0 Å². The van der Waals surface area contributed by atoms with Crippen LogP contribution in [-0.2, 0) is 6.42 Å². The van der Waals surface area contributed by atoms with Crippen molar-refractivity contribution in [3.63, 3.8) is 0 Å². The van der Waals surface area contributed by atoms with E-state index in [0.717, 1.165) is 89.5 Å². The molecule has 1 N–H and O–H groups in total. The Kier molecular flexibility index (Phi) is 5.04. The molecule has 0 bridgehead atoms. The number of nitrogens with one attached hydrogen (secondary N) is 1. The number of nitriles is 1. The number of hydrogen-bond donors (Lipinski definition) is 1. The number of aryl methyl sites for hydroxylation is 1. The van der Waals surface area contributed by atoms with Gasteiger partial charge in [0, 0.05) is 43.5 Å². The highest BCUT2D eigenvalue weighted by Gasteiger charge is 2.26. The molecule has 1 saturated heterocycles. The van der Waals surface area contributed by atoms with Gasteiger partial charge in [-0.15, -0.1) is 0 Å². The van der Waals surface area contributed by atoms with Crippen molar-refractivity contribution in [2.45, 2.75) is 25.7 Å². The van der Waals surface area contributed by atoms with E-state index in [-0.39, 0.29) is 5.92 Å². The standard InChI is InChI=1S/C27H27N7/c1-17-14-23-27(30-25(17)22-5-3-4-20-18(15-28)6-8-21(20)22)26(32-31-23)19-7-9-24(29-16-19)34-12-10-33(2)11-13-34/h3-5,7,9,14,16,18H,6,8,10-13H2,1-2H3,(H,31,32). The van der Waals surface area contributed by atoms with E-state index in [4.69, 9.17) is 9.97 Å². The van der Waals surface area contributed by atoms with Crippen LogP contribution >= 0.6 is 0 Å². The summed E-state index contributed by atoms with van der Waals surface area (Å²) in [5, 5.41) is 17.3. The summed E-state index contributed by atoms with van der Waals surface area (Å²) in [5.74, 6) is 0.987. The monoisotopic (exact) mass is 449 g/mol. The fraction of sp³-hybridized carbons (Fsp3) is 0.333. The summed E-state index contributed by atoms with van der Waals surface area (Å²) < 4.78 is 0. The van der Waals surface area contributed by atoms with Crippen molar-refractivity contribution in [1.29, 1.82) is 5.26 Å². The maximum absolute atomic E-state index is 9.53. The van der Waals surface area contributed by atoms with Gasteiger partial charge in [-0.05, 0) is 61.7 Å². The molecule has 0 saturated carbocycles. The molecule has 6 rings (SSSR count). The van der Waals surface area contributed by atoms with Gasteiger partial charge in [0.05, 0.1) is 23.2 Å². The molecule has 34 heavy (non-hydrogen) atoms. The number of anilines is 1. The Balaban J connectivity index is 1.38. The van der Waals surface area contributed by atoms with Crippen LogP contribution in [0, 0.1) is 18.3 Å². The van der Waals surface area contributed by atoms with Crippen LogP contribution in [0.4, 0.5) is 5.82 Å². The fourth-order valence-electron chi connectivity index (χ4n) is 5.28. The highest BCUT2D eigenvalue weighted by atomic mass is 15.3. The summed E-state index contributed by atoms with van der Waals surface area (Å²) in [5.41, 5.74) is 9.14. The third-order valence-electron chi connectivity index (χ3n) is 7.26. The number of likely N-dealkylation sites (N-methyl/N-ethyl adjacent to an activating group) is 1. The molecule has 7 nitrogen and oxygen atoms in total. The van der Waals surface area contributed by atoms with Crippen molar-refractivity contribution in [2.24, 2.45) is 0 Å². The summed E-state index contributed by atoms with van der Waals surface area (Å²) in [6.07, 6.45) is 3.70. The molecule has 1 aliphatic carbocycles. The summed E-state index contributed by atoms with van der Waals surface area (Å²) in [6.45, 7) is 6.18. The lowest BCUT2D eigenvalue weighted by atomic mass is 9.95. The molecule has 1 aliphatic heterocycles. The number of aromatic nitrogens is 4. The van der Waals surface area contributed by atoms with Crippen LogP contribution < -0.4 is 4.90 Å². The molecule has 0 radical (unpaired) electrons. The van der Waals surface area contributed by atoms with Gasteiger partial charge in [-0.2, -0.15) is 10.4 Å². The second-order valence-electron chi connectivity index (χ2n) is 9.41. The molecule has 1 aromatic carbocycles. The van der Waals surface area contributed by atoms with Crippen molar-refractivity contribution in [2.75, 3.05) is 38.1 Å². The summed E-state index contributed by atoms with van der Waals surface area (Å²) >= 11 is 0. The Morgan fingerprint density at radius 2 is 1.94 bits per heavy atom. The van der Waals surface area contributed by atoms with Gasteiger partial charge in [0.25, 0.3) is 0 Å². The van der Waals surface area contributed by atoms with Crippen LogP contribution in [0.15, 0.2) is 42.6 Å². The van der Waals surface area contributed by atoms with E-state index in [1.165, 1.54) is 5.56 Å². The van der Waals surface area contributed by atoms with E-state index in [1.54, 1.807) is 0 Å². The first-order valence-electron chi connectivity index (χ1n) is 11.9. The molecule has 7 heteroatoms. The normalized spacial score (nSPS) is 18.3. The van der Waals surface area contributed by atoms with Crippen molar-refractivity contribution in [3.8, 4) is 28.6 Å². The lowest BCUT2D eigenvalue weighted by Crippen LogP contribution is -2.44. The van der Waals surface area contributed by atoms with E-state index in [2.05, 4.69) is 70.4 Å². The van der Waals surface area contributed by atoms with Gasteiger partial charge >= 0.3 is 0 Å². The molecule has 4 aromatic rings. The van der Waals surface area contributed by atoms with Crippen molar-refractivity contribution in [3.05, 3.63) is 59.3 Å². The number of aromatic amines is 1. The van der Waals surface area contributed by atoms with Gasteiger partial charge in [0.1, 0.15) is 17.0 Å². The van der Waals surface area contributed by atoms with Crippen molar-refractivity contribution < 1.29 is 0 Å². The van der Waals surface area contributed by atoms with Crippen LogP contribution in [0.1, 0.15) is 29.0 Å². The number of fused-ring (bicyclic) bond motifs is 2. The molecule has 4 heterocycles. The first-order chi connectivity index (χ1) is 16.6. The number of piperazine rings is 1. The van der Waals surface area contributed by atoms with Gasteiger partial charge in [-0.1, -0.05) is 18.2 Å². The van der Waals surface area contributed by atoms with Gasteiger partial charge < -0.3 is 9.80 Å². The molecule has 1 unspecified atom stereocenters. The lowest BCUT2D eigenvalue weighted by Gasteiger charge is -2.33. The molecular formula is C27H27N7. The highest BCUT2D eigenvalue weighted by molar-refractivity contribution is 5.92. The average Bonchev–Trinajstić information content (AvgIpc) is 3.48. The molecule has 1 atom stereocenters. The SMILES string of the molecule is Cc1cc2[nH]nc(-c3ccc(N4CCN(C)CC4)nc3)c2nc1-c1cccc2c1CCC2C#N. The van der Waals surface area contributed by atoms with E-state index >= 15 is 0 Å². The Morgan fingerprint density at radius 1 is 1.09 bits per heavy atom. The quantitative estimate of drug-likeness (QED) is 0.502. The highest BCUT2D eigenvalue weighted by Crippen LogP contribution is 2.40. The second kappa shape index (κ2) is 8.23. The summed E-state index contributed by atoms with van der Waals surface area (Å²) in [6, 6.07) is 15.0. The molecular weight excluding hydrogens is 422 g/mol. The summed E-state index contributed by atoms with van der Waals surface area (Å²) in [4.78, 5) is 14.5. The Hall–Kier alpha value is -3.76. The fourth-order valence-corrected chi connectivity index (χ4v) is 5.28. The average molecular weight is 450 g/mol. The lowest BCUT2D eigenvalue weighted by molar-refractivity contribution is 0.312. The number of H-pyrrole nitrogens is 1. The molecule has 170 valence electrons. The van der Waals surface area contributed by atoms with Crippen LogP contribution in [0.25, 0.3) is 33.5 Å². The van der Waals surface area contributed by atoms with Crippen LogP contribution in [-0.4, -0.2) is 58.3 Å². The topological polar surface area (TPSA) is 84.7 Å². The number of hydrogen-bond acceptors (Lipinski definition) is 6. The number of rotatable bonds is 3. The van der Waals surface area contributed by atoms with E-state index < -0.39 is 0 Å².